The van der Waals surface area contributed by atoms with Crippen LogP contribution in [0.3, 0.4) is 0 Å². The number of nitrogens with zero attached hydrogens (tertiary/aromatic N) is 3. The van der Waals surface area contributed by atoms with Gasteiger partial charge in [-0.2, -0.15) is 0 Å². The van der Waals surface area contributed by atoms with Crippen LogP contribution in [-0.4, -0.2) is 32.8 Å². The topological polar surface area (TPSA) is 87.9 Å². The van der Waals surface area contributed by atoms with Crippen LogP contribution in [0.4, 0.5) is 5.69 Å². The number of nitrogens with two attached hydrogens (primary N) is 1. The van der Waals surface area contributed by atoms with Crippen molar-refractivity contribution in [1.29, 1.82) is 0 Å². The Morgan fingerprint density at radius 3 is 2.94 bits per heavy atom. The molecule has 0 radical (unpaired) electrons. The number of imidazole rings is 1. The van der Waals surface area contributed by atoms with Crippen molar-refractivity contribution in [3.8, 4) is 0 Å². The molecule has 0 aliphatic rings. The summed E-state index contributed by atoms with van der Waals surface area (Å²) in [5, 5.41) is 0. The van der Waals surface area contributed by atoms with Crippen molar-refractivity contribution in [1.82, 2.24) is 19.9 Å². The molecule has 0 spiro atoms. The number of rotatable bonds is 3. The van der Waals surface area contributed by atoms with E-state index in [1.807, 2.05) is 0 Å². The van der Waals surface area contributed by atoms with Gasteiger partial charge < -0.3 is 15.6 Å². The van der Waals surface area contributed by atoms with Gasteiger partial charge in [-0.25, -0.2) is 4.98 Å². The van der Waals surface area contributed by atoms with Gasteiger partial charge in [0.2, 0.25) is 0 Å². The second kappa shape index (κ2) is 4.65. The van der Waals surface area contributed by atoms with E-state index in [9.17, 15) is 4.79 Å². The number of anilines is 1. The standard InChI is InChI=1S/C11H13N5O/c1-16(7-10-14-4-5-15-10)11(17)9-6-8(12)2-3-13-9/h2-6H,7H2,1H3,(H2,12,13)(H,14,15). The number of hydrogen-bond acceptors (Lipinski definition) is 4. The summed E-state index contributed by atoms with van der Waals surface area (Å²) in [5.74, 6) is 0.540. The zero-order chi connectivity index (χ0) is 12.3. The summed E-state index contributed by atoms with van der Waals surface area (Å²) in [7, 11) is 1.69. The number of pyridine rings is 1. The summed E-state index contributed by atoms with van der Waals surface area (Å²) in [6, 6.07) is 3.20. The van der Waals surface area contributed by atoms with Crippen molar-refractivity contribution in [2.45, 2.75) is 6.54 Å². The van der Waals surface area contributed by atoms with Crippen LogP contribution in [0.5, 0.6) is 0 Å². The smallest absolute Gasteiger partial charge is 0.272 e. The first-order valence-corrected chi connectivity index (χ1v) is 5.12. The third-order valence-electron chi connectivity index (χ3n) is 2.29. The van der Waals surface area contributed by atoms with Gasteiger partial charge in [0.15, 0.2) is 0 Å². The second-order valence-corrected chi connectivity index (χ2v) is 3.67. The molecule has 2 heterocycles. The van der Waals surface area contributed by atoms with E-state index < -0.39 is 0 Å². The summed E-state index contributed by atoms with van der Waals surface area (Å²) in [4.78, 5) is 24.5. The lowest BCUT2D eigenvalue weighted by atomic mass is 10.3. The van der Waals surface area contributed by atoms with E-state index in [1.54, 1.807) is 31.6 Å². The van der Waals surface area contributed by atoms with Crippen molar-refractivity contribution in [3.63, 3.8) is 0 Å². The first kappa shape index (κ1) is 11.1. The summed E-state index contributed by atoms with van der Waals surface area (Å²) >= 11 is 0. The molecule has 6 nitrogen and oxygen atoms in total. The summed E-state index contributed by atoms with van der Waals surface area (Å²) in [6.07, 6.45) is 4.88. The number of amides is 1. The molecule has 0 aromatic carbocycles. The molecule has 0 fully saturated rings. The molecule has 0 atom stereocenters. The Labute approximate surface area is 98.5 Å². The minimum absolute atomic E-state index is 0.186. The highest BCUT2D eigenvalue weighted by Gasteiger charge is 2.14. The van der Waals surface area contributed by atoms with Crippen molar-refractivity contribution in [3.05, 3.63) is 42.2 Å². The van der Waals surface area contributed by atoms with Crippen LogP contribution in [0, 0.1) is 0 Å². The highest BCUT2D eigenvalue weighted by atomic mass is 16.2. The van der Waals surface area contributed by atoms with E-state index in [1.165, 1.54) is 11.1 Å². The monoisotopic (exact) mass is 231 g/mol. The fraction of sp³-hybridized carbons (Fsp3) is 0.182. The Kier molecular flexibility index (Phi) is 3.04. The molecule has 2 rings (SSSR count). The number of hydrogen-bond donors (Lipinski definition) is 2. The van der Waals surface area contributed by atoms with Gasteiger partial charge >= 0.3 is 0 Å². The molecule has 17 heavy (non-hydrogen) atoms. The number of nitrogen functional groups attached to an aromatic ring is 1. The summed E-state index contributed by atoms with van der Waals surface area (Å²) in [5.41, 5.74) is 6.46. The van der Waals surface area contributed by atoms with Crippen LogP contribution < -0.4 is 5.73 Å². The SMILES string of the molecule is CN(Cc1ncc[nH]1)C(=O)c1cc(N)ccn1. The molecule has 1 amide bonds. The fourth-order valence-corrected chi connectivity index (χ4v) is 1.44. The molecule has 0 unspecified atom stereocenters. The van der Waals surface area contributed by atoms with Crippen LogP contribution in [0.15, 0.2) is 30.7 Å². The van der Waals surface area contributed by atoms with Gasteiger partial charge in [-0.1, -0.05) is 0 Å². The van der Waals surface area contributed by atoms with Crippen molar-refractivity contribution in [2.24, 2.45) is 0 Å². The molecule has 88 valence electrons. The highest BCUT2D eigenvalue weighted by Crippen LogP contribution is 2.07. The maximum Gasteiger partial charge on any atom is 0.272 e. The van der Waals surface area contributed by atoms with Gasteiger partial charge in [-0.15, -0.1) is 0 Å². The maximum absolute atomic E-state index is 12.0. The second-order valence-electron chi connectivity index (χ2n) is 3.67. The van der Waals surface area contributed by atoms with Gasteiger partial charge in [0, 0.05) is 31.3 Å². The lowest BCUT2D eigenvalue weighted by molar-refractivity contribution is 0.0776. The van der Waals surface area contributed by atoms with E-state index in [2.05, 4.69) is 15.0 Å². The average Bonchev–Trinajstić information content (AvgIpc) is 2.80. The molecule has 3 N–H and O–H groups in total. The molecular formula is C11H13N5O. The number of H-pyrrole nitrogens is 1. The lowest BCUT2D eigenvalue weighted by Crippen LogP contribution is -2.27. The van der Waals surface area contributed by atoms with Crippen LogP contribution in [0.25, 0.3) is 0 Å². The Morgan fingerprint density at radius 1 is 1.47 bits per heavy atom. The number of aromatic amines is 1. The molecule has 0 aliphatic carbocycles. The summed E-state index contributed by atoms with van der Waals surface area (Å²) in [6.45, 7) is 0.405. The number of nitrogens with one attached hydrogen (secondary N) is 1. The van der Waals surface area contributed by atoms with E-state index >= 15 is 0 Å². The van der Waals surface area contributed by atoms with E-state index in [4.69, 9.17) is 5.73 Å². The minimum Gasteiger partial charge on any atom is -0.399 e. The molecule has 2 aromatic rings. The maximum atomic E-state index is 12.0. The minimum atomic E-state index is -0.186. The number of aromatic nitrogens is 3. The molecule has 6 heteroatoms. The van der Waals surface area contributed by atoms with Gasteiger partial charge in [0.25, 0.3) is 5.91 Å². The molecule has 2 aromatic heterocycles. The average molecular weight is 231 g/mol. The molecule has 0 bridgehead atoms. The van der Waals surface area contributed by atoms with Gasteiger partial charge in [-0.05, 0) is 12.1 Å². The number of carbonyl (C=O) groups excluding carboxylic acids is 1. The molecule has 0 saturated heterocycles. The highest BCUT2D eigenvalue weighted by molar-refractivity contribution is 5.92. The molecule has 0 aliphatic heterocycles. The van der Waals surface area contributed by atoms with Crippen LogP contribution in [0.1, 0.15) is 16.3 Å². The first-order chi connectivity index (χ1) is 8.16. The zero-order valence-corrected chi connectivity index (χ0v) is 9.42. The Bertz CT molecular complexity index is 508. The van der Waals surface area contributed by atoms with Gasteiger partial charge in [0.05, 0.1) is 6.54 Å². The Balaban J connectivity index is 2.09. The van der Waals surface area contributed by atoms with Crippen molar-refractivity contribution >= 4 is 11.6 Å². The Hall–Kier alpha value is -2.37. The predicted octanol–water partition coefficient (Wildman–Crippen LogP) is 0.659. The van der Waals surface area contributed by atoms with E-state index in [0.717, 1.165) is 5.82 Å². The third-order valence-corrected chi connectivity index (χ3v) is 2.29. The van der Waals surface area contributed by atoms with Crippen LogP contribution in [-0.2, 0) is 6.54 Å². The third kappa shape index (κ3) is 2.60. The zero-order valence-electron chi connectivity index (χ0n) is 9.42. The first-order valence-electron chi connectivity index (χ1n) is 5.12. The fourth-order valence-electron chi connectivity index (χ4n) is 1.44. The number of carbonyl (C=O) groups is 1. The predicted molar refractivity (Wildman–Crippen MR) is 63.0 cm³/mol. The van der Waals surface area contributed by atoms with Crippen molar-refractivity contribution < 1.29 is 4.79 Å². The summed E-state index contributed by atoms with van der Waals surface area (Å²) < 4.78 is 0. The van der Waals surface area contributed by atoms with Crippen LogP contribution >= 0.6 is 0 Å². The Morgan fingerprint density at radius 2 is 2.29 bits per heavy atom. The lowest BCUT2D eigenvalue weighted by Gasteiger charge is -2.15. The van der Waals surface area contributed by atoms with Crippen LogP contribution in [0.2, 0.25) is 0 Å². The van der Waals surface area contributed by atoms with Gasteiger partial charge in [-0.3, -0.25) is 9.78 Å². The largest absolute Gasteiger partial charge is 0.399 e. The normalized spacial score (nSPS) is 10.2. The van der Waals surface area contributed by atoms with E-state index in [-0.39, 0.29) is 5.91 Å². The molecular weight excluding hydrogens is 218 g/mol. The van der Waals surface area contributed by atoms with Gasteiger partial charge in [0.1, 0.15) is 11.5 Å². The quantitative estimate of drug-likeness (QED) is 0.812. The van der Waals surface area contributed by atoms with E-state index in [0.29, 0.717) is 17.9 Å². The van der Waals surface area contributed by atoms with Crippen molar-refractivity contribution in [2.75, 3.05) is 12.8 Å². The molecule has 0 saturated carbocycles.